The second kappa shape index (κ2) is 5.93. The zero-order valence-electron chi connectivity index (χ0n) is 11.7. The fraction of sp³-hybridized carbons (Fsp3) is 0.867. The van der Waals surface area contributed by atoms with Crippen molar-refractivity contribution in [2.24, 2.45) is 11.8 Å². The molecule has 0 aliphatic heterocycles. The lowest BCUT2D eigenvalue weighted by Gasteiger charge is -2.35. The number of ether oxygens (including phenoxy) is 1. The highest BCUT2D eigenvalue weighted by Crippen LogP contribution is 2.35. The van der Waals surface area contributed by atoms with Crippen LogP contribution in [0.5, 0.6) is 0 Å². The van der Waals surface area contributed by atoms with Crippen LogP contribution in [0.15, 0.2) is 0 Å². The third-order valence-corrected chi connectivity index (χ3v) is 4.67. The summed E-state index contributed by atoms with van der Waals surface area (Å²) >= 11 is 0. The van der Waals surface area contributed by atoms with Crippen LogP contribution in [-0.2, 0) is 14.3 Å². The van der Waals surface area contributed by atoms with Gasteiger partial charge in [-0.05, 0) is 58.3 Å². The average molecular weight is 268 g/mol. The summed E-state index contributed by atoms with van der Waals surface area (Å²) in [6.07, 6.45) is 7.95. The number of esters is 1. The number of carbonyl (C=O) groups excluding carboxylic acids is 1. The van der Waals surface area contributed by atoms with Gasteiger partial charge in [-0.25, -0.2) is 0 Å². The summed E-state index contributed by atoms with van der Waals surface area (Å²) < 4.78 is 5.73. The van der Waals surface area contributed by atoms with Gasteiger partial charge in [-0.3, -0.25) is 9.59 Å². The Morgan fingerprint density at radius 2 is 1.53 bits per heavy atom. The van der Waals surface area contributed by atoms with Gasteiger partial charge in [-0.1, -0.05) is 6.42 Å². The minimum Gasteiger partial charge on any atom is -0.481 e. The van der Waals surface area contributed by atoms with E-state index in [1.165, 1.54) is 6.42 Å². The Hall–Kier alpha value is -1.06. The molecular weight excluding hydrogens is 244 g/mol. The SMILES string of the molecule is CC1(OC(=O)C2CCC(C(=O)O)CC2)CCCCC1. The molecule has 0 bridgehead atoms. The van der Waals surface area contributed by atoms with Crippen LogP contribution < -0.4 is 0 Å². The molecule has 0 saturated heterocycles. The van der Waals surface area contributed by atoms with E-state index in [1.54, 1.807) is 0 Å². The molecule has 0 aromatic carbocycles. The average Bonchev–Trinajstić information content (AvgIpc) is 2.39. The fourth-order valence-electron chi connectivity index (χ4n) is 3.30. The van der Waals surface area contributed by atoms with Crippen molar-refractivity contribution in [1.82, 2.24) is 0 Å². The Labute approximate surface area is 114 Å². The predicted octanol–water partition coefficient (Wildman–Crippen LogP) is 3.14. The lowest BCUT2D eigenvalue weighted by Crippen LogP contribution is -2.37. The Morgan fingerprint density at radius 1 is 1.00 bits per heavy atom. The molecule has 0 unspecified atom stereocenters. The highest BCUT2D eigenvalue weighted by atomic mass is 16.6. The van der Waals surface area contributed by atoms with E-state index < -0.39 is 5.97 Å². The maximum absolute atomic E-state index is 12.2. The van der Waals surface area contributed by atoms with Crippen molar-refractivity contribution in [2.75, 3.05) is 0 Å². The number of hydrogen-bond donors (Lipinski definition) is 1. The van der Waals surface area contributed by atoms with Gasteiger partial charge < -0.3 is 9.84 Å². The molecule has 4 nitrogen and oxygen atoms in total. The molecule has 0 radical (unpaired) electrons. The standard InChI is InChI=1S/C15H24O4/c1-15(9-3-2-4-10-15)19-14(18)12-7-5-11(6-8-12)13(16)17/h11-12H,2-10H2,1H3,(H,16,17). The van der Waals surface area contributed by atoms with E-state index in [9.17, 15) is 9.59 Å². The number of aliphatic carboxylic acids is 1. The molecule has 19 heavy (non-hydrogen) atoms. The lowest BCUT2D eigenvalue weighted by molar-refractivity contribution is -0.168. The first-order valence-electron chi connectivity index (χ1n) is 7.46. The topological polar surface area (TPSA) is 63.6 Å². The van der Waals surface area contributed by atoms with E-state index in [2.05, 4.69) is 0 Å². The minimum atomic E-state index is -0.731. The molecule has 0 aromatic heterocycles. The van der Waals surface area contributed by atoms with Crippen LogP contribution in [-0.4, -0.2) is 22.6 Å². The van der Waals surface area contributed by atoms with Gasteiger partial charge in [0.05, 0.1) is 11.8 Å². The Morgan fingerprint density at radius 3 is 2.05 bits per heavy atom. The minimum absolute atomic E-state index is 0.0886. The maximum Gasteiger partial charge on any atom is 0.309 e. The summed E-state index contributed by atoms with van der Waals surface area (Å²) in [5.74, 6) is -1.19. The summed E-state index contributed by atoms with van der Waals surface area (Å²) in [5.41, 5.74) is -0.279. The smallest absolute Gasteiger partial charge is 0.309 e. The third-order valence-electron chi connectivity index (χ3n) is 4.67. The number of carbonyl (C=O) groups is 2. The molecule has 1 N–H and O–H groups in total. The summed E-state index contributed by atoms with van der Waals surface area (Å²) in [7, 11) is 0. The molecule has 2 saturated carbocycles. The summed E-state index contributed by atoms with van der Waals surface area (Å²) in [5, 5.41) is 8.95. The number of carboxylic acids is 1. The van der Waals surface area contributed by atoms with Gasteiger partial charge in [-0.2, -0.15) is 0 Å². The molecule has 2 aliphatic rings. The van der Waals surface area contributed by atoms with Crippen LogP contribution in [0, 0.1) is 11.8 Å². The molecule has 0 atom stereocenters. The van der Waals surface area contributed by atoms with Crippen molar-refractivity contribution in [2.45, 2.75) is 70.3 Å². The zero-order chi connectivity index (χ0) is 13.9. The zero-order valence-corrected chi connectivity index (χ0v) is 11.7. The highest BCUT2D eigenvalue weighted by Gasteiger charge is 2.36. The van der Waals surface area contributed by atoms with Crippen molar-refractivity contribution in [3.8, 4) is 0 Å². The van der Waals surface area contributed by atoms with E-state index in [0.717, 1.165) is 25.7 Å². The van der Waals surface area contributed by atoms with Gasteiger partial charge >= 0.3 is 11.9 Å². The first kappa shape index (κ1) is 14.4. The molecule has 2 rings (SSSR count). The first-order valence-corrected chi connectivity index (χ1v) is 7.46. The van der Waals surface area contributed by atoms with E-state index in [1.807, 2.05) is 6.92 Å². The Kier molecular flexibility index (Phi) is 4.48. The second-order valence-electron chi connectivity index (χ2n) is 6.32. The van der Waals surface area contributed by atoms with Crippen LogP contribution in [0.2, 0.25) is 0 Å². The summed E-state index contributed by atoms with van der Waals surface area (Å²) in [6, 6.07) is 0. The predicted molar refractivity (Wildman–Crippen MR) is 70.7 cm³/mol. The van der Waals surface area contributed by atoms with E-state index in [4.69, 9.17) is 9.84 Å². The Bertz CT molecular complexity index is 336. The van der Waals surface area contributed by atoms with Crippen molar-refractivity contribution in [3.63, 3.8) is 0 Å². The van der Waals surface area contributed by atoms with Crippen LogP contribution in [0.25, 0.3) is 0 Å². The van der Waals surface area contributed by atoms with Gasteiger partial charge in [-0.15, -0.1) is 0 Å². The molecule has 0 amide bonds. The molecule has 0 heterocycles. The molecule has 108 valence electrons. The molecular formula is C15H24O4. The lowest BCUT2D eigenvalue weighted by atomic mass is 9.81. The van der Waals surface area contributed by atoms with Gasteiger partial charge in [0.1, 0.15) is 5.60 Å². The largest absolute Gasteiger partial charge is 0.481 e. The number of carboxylic acid groups (broad SMARTS) is 1. The van der Waals surface area contributed by atoms with Gasteiger partial charge in [0.15, 0.2) is 0 Å². The maximum atomic E-state index is 12.2. The van der Waals surface area contributed by atoms with E-state index >= 15 is 0 Å². The number of hydrogen-bond acceptors (Lipinski definition) is 3. The monoisotopic (exact) mass is 268 g/mol. The van der Waals surface area contributed by atoms with Crippen molar-refractivity contribution in [1.29, 1.82) is 0 Å². The van der Waals surface area contributed by atoms with Crippen LogP contribution in [0.3, 0.4) is 0 Å². The molecule has 2 fully saturated rings. The molecule has 0 aromatic rings. The van der Waals surface area contributed by atoms with Crippen LogP contribution in [0.1, 0.15) is 64.7 Å². The quantitative estimate of drug-likeness (QED) is 0.799. The van der Waals surface area contributed by atoms with Crippen molar-refractivity contribution in [3.05, 3.63) is 0 Å². The fourth-order valence-corrected chi connectivity index (χ4v) is 3.30. The van der Waals surface area contributed by atoms with Gasteiger partial charge in [0.25, 0.3) is 0 Å². The van der Waals surface area contributed by atoms with Crippen LogP contribution >= 0.6 is 0 Å². The first-order chi connectivity index (χ1) is 9.00. The highest BCUT2D eigenvalue weighted by molar-refractivity contribution is 5.74. The number of rotatable bonds is 3. The van der Waals surface area contributed by atoms with E-state index in [0.29, 0.717) is 25.7 Å². The normalized spacial score (nSPS) is 30.6. The second-order valence-corrected chi connectivity index (χ2v) is 6.32. The van der Waals surface area contributed by atoms with Crippen LogP contribution in [0.4, 0.5) is 0 Å². The van der Waals surface area contributed by atoms with Crippen molar-refractivity contribution >= 4 is 11.9 Å². The third kappa shape index (κ3) is 3.71. The Balaban J connectivity index is 1.82. The molecule has 2 aliphatic carbocycles. The van der Waals surface area contributed by atoms with E-state index in [-0.39, 0.29) is 23.4 Å². The molecule has 4 heteroatoms. The molecule has 0 spiro atoms. The van der Waals surface area contributed by atoms with Gasteiger partial charge in [0.2, 0.25) is 0 Å². The summed E-state index contributed by atoms with van der Waals surface area (Å²) in [6.45, 7) is 2.03. The van der Waals surface area contributed by atoms with Gasteiger partial charge in [0, 0.05) is 0 Å². The summed E-state index contributed by atoms with van der Waals surface area (Å²) in [4.78, 5) is 23.1. The van der Waals surface area contributed by atoms with Crippen molar-refractivity contribution < 1.29 is 19.4 Å².